The lowest BCUT2D eigenvalue weighted by Crippen LogP contribution is -2.48. The van der Waals surface area contributed by atoms with Crippen LogP contribution in [0.1, 0.15) is 36.5 Å². The fourth-order valence-corrected chi connectivity index (χ4v) is 3.46. The van der Waals surface area contributed by atoms with Gasteiger partial charge in [0.25, 0.3) is 0 Å². The lowest BCUT2D eigenvalue weighted by molar-refractivity contribution is 0.177. The summed E-state index contributed by atoms with van der Waals surface area (Å²) in [7, 11) is 0. The van der Waals surface area contributed by atoms with E-state index in [-0.39, 0.29) is 0 Å². The topological polar surface area (TPSA) is 6.48 Å². The van der Waals surface area contributed by atoms with Gasteiger partial charge in [0.2, 0.25) is 0 Å². The summed E-state index contributed by atoms with van der Waals surface area (Å²) < 4.78 is 0. The van der Waals surface area contributed by atoms with E-state index in [4.69, 9.17) is 12.2 Å². The highest BCUT2D eigenvalue weighted by atomic mass is 32.1. The molecule has 2 aromatic carbocycles. The minimum Gasteiger partial charge on any atom is -0.360 e. The number of nitrogens with zero attached hydrogens (tertiary/aromatic N) is 2. The third kappa shape index (κ3) is 4.22. The smallest absolute Gasteiger partial charge is 0.109 e. The maximum atomic E-state index is 5.73. The van der Waals surface area contributed by atoms with Gasteiger partial charge in [0.05, 0.1) is 0 Å². The summed E-state index contributed by atoms with van der Waals surface area (Å²) in [4.78, 5) is 5.85. The molecule has 1 fully saturated rings. The Morgan fingerprint density at radius 2 is 1.54 bits per heavy atom. The van der Waals surface area contributed by atoms with E-state index in [0.717, 1.165) is 37.7 Å². The van der Waals surface area contributed by atoms with E-state index in [1.807, 2.05) is 0 Å². The van der Waals surface area contributed by atoms with E-state index < -0.39 is 0 Å². The first kappa shape index (κ1) is 17.1. The predicted molar refractivity (Wildman–Crippen MR) is 106 cm³/mol. The average molecular weight is 339 g/mol. The van der Waals surface area contributed by atoms with Crippen LogP contribution in [0.2, 0.25) is 0 Å². The van der Waals surface area contributed by atoms with E-state index in [1.165, 1.54) is 16.7 Å². The second kappa shape index (κ2) is 7.91. The van der Waals surface area contributed by atoms with Gasteiger partial charge in [0.15, 0.2) is 0 Å². The molecule has 0 bridgehead atoms. The van der Waals surface area contributed by atoms with Crippen molar-refractivity contribution in [2.24, 2.45) is 0 Å². The van der Waals surface area contributed by atoms with Gasteiger partial charge < -0.3 is 4.90 Å². The zero-order valence-electron chi connectivity index (χ0n) is 14.6. The van der Waals surface area contributed by atoms with Crippen LogP contribution < -0.4 is 0 Å². The Hall–Kier alpha value is -1.71. The molecule has 1 saturated heterocycles. The lowest BCUT2D eigenvalue weighted by Gasteiger charge is -2.36. The number of hydrogen-bond acceptors (Lipinski definition) is 2. The summed E-state index contributed by atoms with van der Waals surface area (Å²) in [6.45, 7) is 9.64. The zero-order valence-corrected chi connectivity index (χ0v) is 15.4. The van der Waals surface area contributed by atoms with Crippen molar-refractivity contribution < 1.29 is 0 Å². The van der Waals surface area contributed by atoms with E-state index in [9.17, 15) is 0 Å². The molecule has 126 valence electrons. The number of benzene rings is 2. The molecule has 24 heavy (non-hydrogen) atoms. The SMILES string of the molecule is CC(C)c1ccc(C(=S)N2CCN(Cc3ccccc3)CC2)cc1. The molecule has 0 N–H and O–H groups in total. The Kier molecular flexibility index (Phi) is 5.64. The fourth-order valence-electron chi connectivity index (χ4n) is 3.14. The first-order chi connectivity index (χ1) is 11.6. The summed E-state index contributed by atoms with van der Waals surface area (Å²) in [5.74, 6) is 0.564. The van der Waals surface area contributed by atoms with Crippen LogP contribution in [-0.4, -0.2) is 41.0 Å². The Bertz CT molecular complexity index is 656. The molecular formula is C21H26N2S. The van der Waals surface area contributed by atoms with Crippen LogP contribution >= 0.6 is 12.2 Å². The molecule has 3 rings (SSSR count). The van der Waals surface area contributed by atoms with E-state index in [2.05, 4.69) is 78.2 Å². The van der Waals surface area contributed by atoms with Crippen molar-refractivity contribution in [3.05, 3.63) is 71.3 Å². The molecule has 0 atom stereocenters. The highest BCUT2D eigenvalue weighted by Gasteiger charge is 2.19. The van der Waals surface area contributed by atoms with Gasteiger partial charge in [-0.15, -0.1) is 0 Å². The van der Waals surface area contributed by atoms with Gasteiger partial charge in [-0.1, -0.05) is 80.7 Å². The van der Waals surface area contributed by atoms with Crippen LogP contribution in [0.25, 0.3) is 0 Å². The van der Waals surface area contributed by atoms with E-state index >= 15 is 0 Å². The van der Waals surface area contributed by atoms with E-state index in [1.54, 1.807) is 0 Å². The minimum atomic E-state index is 0.564. The molecule has 3 heteroatoms. The van der Waals surface area contributed by atoms with Crippen molar-refractivity contribution in [2.75, 3.05) is 26.2 Å². The van der Waals surface area contributed by atoms with Crippen LogP contribution in [0.5, 0.6) is 0 Å². The molecule has 0 saturated carbocycles. The molecule has 2 nitrogen and oxygen atoms in total. The highest BCUT2D eigenvalue weighted by molar-refractivity contribution is 7.80. The summed E-state index contributed by atoms with van der Waals surface area (Å²) in [5.41, 5.74) is 3.93. The maximum absolute atomic E-state index is 5.73. The molecule has 2 aromatic rings. The van der Waals surface area contributed by atoms with Crippen molar-refractivity contribution >= 4 is 17.2 Å². The van der Waals surface area contributed by atoms with Crippen molar-refractivity contribution in [1.82, 2.24) is 9.80 Å². The average Bonchev–Trinajstić information content (AvgIpc) is 2.63. The third-order valence-corrected chi connectivity index (χ3v) is 5.23. The normalized spacial score (nSPS) is 15.7. The minimum absolute atomic E-state index is 0.564. The van der Waals surface area contributed by atoms with Crippen molar-refractivity contribution in [1.29, 1.82) is 0 Å². The maximum Gasteiger partial charge on any atom is 0.109 e. The molecule has 0 spiro atoms. The fraction of sp³-hybridized carbons (Fsp3) is 0.381. The van der Waals surface area contributed by atoms with Gasteiger partial charge in [-0.25, -0.2) is 0 Å². The van der Waals surface area contributed by atoms with Gasteiger partial charge in [-0.05, 0) is 17.0 Å². The molecule has 0 aromatic heterocycles. The lowest BCUT2D eigenvalue weighted by atomic mass is 10.0. The Balaban J connectivity index is 1.55. The first-order valence-electron chi connectivity index (χ1n) is 8.79. The van der Waals surface area contributed by atoms with Crippen LogP contribution in [-0.2, 0) is 6.54 Å². The van der Waals surface area contributed by atoms with Gasteiger partial charge in [-0.2, -0.15) is 0 Å². The molecule has 1 aliphatic rings. The molecule has 0 amide bonds. The van der Waals surface area contributed by atoms with Crippen molar-refractivity contribution in [3.8, 4) is 0 Å². The third-order valence-electron chi connectivity index (χ3n) is 4.73. The van der Waals surface area contributed by atoms with Crippen LogP contribution in [0.15, 0.2) is 54.6 Å². The quantitative estimate of drug-likeness (QED) is 0.767. The van der Waals surface area contributed by atoms with Gasteiger partial charge in [0.1, 0.15) is 4.99 Å². The second-order valence-electron chi connectivity index (χ2n) is 6.83. The van der Waals surface area contributed by atoms with Gasteiger partial charge in [0, 0.05) is 38.3 Å². The number of rotatable bonds is 4. The van der Waals surface area contributed by atoms with Gasteiger partial charge >= 0.3 is 0 Å². The van der Waals surface area contributed by atoms with Gasteiger partial charge in [-0.3, -0.25) is 4.90 Å². The molecule has 1 aliphatic heterocycles. The summed E-state index contributed by atoms with van der Waals surface area (Å²) in [6.07, 6.45) is 0. The van der Waals surface area contributed by atoms with Crippen LogP contribution in [0.4, 0.5) is 0 Å². The zero-order chi connectivity index (χ0) is 16.9. The summed E-state index contributed by atoms with van der Waals surface area (Å²) >= 11 is 5.73. The number of hydrogen-bond donors (Lipinski definition) is 0. The Morgan fingerprint density at radius 1 is 0.917 bits per heavy atom. The van der Waals surface area contributed by atoms with E-state index in [0.29, 0.717) is 5.92 Å². The second-order valence-corrected chi connectivity index (χ2v) is 7.22. The largest absolute Gasteiger partial charge is 0.360 e. The van der Waals surface area contributed by atoms with Crippen LogP contribution in [0, 0.1) is 0 Å². The molecular weight excluding hydrogens is 312 g/mol. The van der Waals surface area contributed by atoms with Crippen molar-refractivity contribution in [2.45, 2.75) is 26.3 Å². The molecule has 1 heterocycles. The monoisotopic (exact) mass is 338 g/mol. The Morgan fingerprint density at radius 3 is 2.12 bits per heavy atom. The standard InChI is InChI=1S/C21H26N2S/c1-17(2)19-8-10-20(11-9-19)21(24)23-14-12-22(13-15-23)16-18-6-4-3-5-7-18/h3-11,17H,12-16H2,1-2H3. The first-order valence-corrected chi connectivity index (χ1v) is 9.20. The summed E-state index contributed by atoms with van der Waals surface area (Å²) in [6, 6.07) is 19.5. The Labute approximate surface area is 151 Å². The number of piperazine rings is 1. The predicted octanol–water partition coefficient (Wildman–Crippen LogP) is 4.30. The molecule has 0 radical (unpaired) electrons. The summed E-state index contributed by atoms with van der Waals surface area (Å²) in [5, 5.41) is 0. The number of thiocarbonyl (C=S) groups is 1. The molecule has 0 aliphatic carbocycles. The van der Waals surface area contributed by atoms with Crippen molar-refractivity contribution in [3.63, 3.8) is 0 Å². The molecule has 0 unspecified atom stereocenters. The van der Waals surface area contributed by atoms with Crippen LogP contribution in [0.3, 0.4) is 0 Å². The highest BCUT2D eigenvalue weighted by Crippen LogP contribution is 2.17.